The molecule has 1 aromatic carbocycles. The van der Waals surface area contributed by atoms with Gasteiger partial charge in [-0.1, -0.05) is 12.1 Å². The number of benzene rings is 1. The number of carbonyl (C=O) groups excluding carboxylic acids is 1. The van der Waals surface area contributed by atoms with Gasteiger partial charge in [0.15, 0.2) is 0 Å². The van der Waals surface area contributed by atoms with E-state index in [0.717, 1.165) is 19.4 Å². The summed E-state index contributed by atoms with van der Waals surface area (Å²) in [7, 11) is 0. The summed E-state index contributed by atoms with van der Waals surface area (Å²) < 4.78 is 11.2. The smallest absolute Gasteiger partial charge is 0.339 e. The second kappa shape index (κ2) is 4.56. The fourth-order valence-electron chi connectivity index (χ4n) is 4.11. The fourth-order valence-corrected chi connectivity index (χ4v) is 4.11. The lowest BCUT2D eigenvalue weighted by Crippen LogP contribution is -2.49. The molecule has 0 spiro atoms. The Morgan fingerprint density at radius 2 is 1.90 bits per heavy atom. The van der Waals surface area contributed by atoms with Gasteiger partial charge < -0.3 is 14.6 Å². The van der Waals surface area contributed by atoms with Crippen LogP contribution in [0.4, 0.5) is 0 Å². The number of rotatable bonds is 3. The van der Waals surface area contributed by atoms with E-state index in [1.807, 2.05) is 0 Å². The van der Waals surface area contributed by atoms with Crippen LogP contribution in [0.2, 0.25) is 0 Å². The average Bonchev–Trinajstić information content (AvgIpc) is 2.90. The van der Waals surface area contributed by atoms with Crippen molar-refractivity contribution in [3.8, 4) is 0 Å². The molecule has 1 N–H and O–H groups in total. The van der Waals surface area contributed by atoms with Crippen LogP contribution in [-0.2, 0) is 9.47 Å². The van der Waals surface area contributed by atoms with E-state index in [2.05, 4.69) is 0 Å². The van der Waals surface area contributed by atoms with Crippen molar-refractivity contribution in [1.82, 2.24) is 0 Å². The minimum atomic E-state index is -1.11. The number of esters is 1. The lowest BCUT2D eigenvalue weighted by atomic mass is 9.81. The second-order valence-corrected chi connectivity index (χ2v) is 6.15. The van der Waals surface area contributed by atoms with Crippen molar-refractivity contribution in [2.24, 2.45) is 17.8 Å². The molecule has 5 heteroatoms. The number of aromatic carboxylic acids is 1. The number of fused-ring (bicyclic) bond motifs is 5. The molecule has 4 rings (SSSR count). The number of carbonyl (C=O) groups is 2. The summed E-state index contributed by atoms with van der Waals surface area (Å²) in [5.41, 5.74) is 0.113. The second-order valence-electron chi connectivity index (χ2n) is 6.15. The summed E-state index contributed by atoms with van der Waals surface area (Å²) in [5, 5.41) is 9.14. The summed E-state index contributed by atoms with van der Waals surface area (Å²) >= 11 is 0. The number of hydrogen-bond acceptors (Lipinski definition) is 4. The zero-order valence-corrected chi connectivity index (χ0v) is 11.4. The van der Waals surface area contributed by atoms with E-state index >= 15 is 0 Å². The van der Waals surface area contributed by atoms with Gasteiger partial charge in [-0.3, -0.25) is 0 Å². The first-order valence-electron chi connectivity index (χ1n) is 7.30. The normalized spacial score (nSPS) is 35.9. The van der Waals surface area contributed by atoms with Crippen LogP contribution in [0.1, 0.15) is 33.6 Å². The van der Waals surface area contributed by atoms with Crippen LogP contribution >= 0.6 is 0 Å². The molecule has 0 radical (unpaired) electrons. The van der Waals surface area contributed by atoms with Crippen LogP contribution in [0.5, 0.6) is 0 Å². The van der Waals surface area contributed by atoms with E-state index in [0.29, 0.717) is 11.8 Å². The third-order valence-electron chi connectivity index (χ3n) is 5.15. The molecule has 1 aliphatic heterocycles. The molecule has 0 aromatic heterocycles. The van der Waals surface area contributed by atoms with Gasteiger partial charge in [-0.05, 0) is 30.9 Å². The Hall–Kier alpha value is -1.88. The molecule has 21 heavy (non-hydrogen) atoms. The van der Waals surface area contributed by atoms with Crippen LogP contribution in [0.15, 0.2) is 24.3 Å². The Balaban J connectivity index is 1.51. The van der Waals surface area contributed by atoms with Gasteiger partial charge in [0.2, 0.25) is 0 Å². The van der Waals surface area contributed by atoms with Crippen LogP contribution in [0, 0.1) is 17.8 Å². The van der Waals surface area contributed by atoms with Crippen molar-refractivity contribution in [2.75, 3.05) is 6.61 Å². The maximum absolute atomic E-state index is 12.3. The quantitative estimate of drug-likeness (QED) is 0.861. The third kappa shape index (κ3) is 1.87. The number of carboxylic acids is 1. The lowest BCUT2D eigenvalue weighted by Gasteiger charge is -2.42. The van der Waals surface area contributed by atoms with Gasteiger partial charge in [0.1, 0.15) is 6.10 Å². The zero-order chi connectivity index (χ0) is 14.6. The van der Waals surface area contributed by atoms with Crippen LogP contribution in [-0.4, -0.2) is 35.9 Å². The molecule has 3 aliphatic rings. The minimum absolute atomic E-state index is 0.0107. The highest BCUT2D eigenvalue weighted by Crippen LogP contribution is 2.55. The van der Waals surface area contributed by atoms with Gasteiger partial charge in [-0.25, -0.2) is 9.59 Å². The fraction of sp³-hybridized carbons (Fsp3) is 0.500. The van der Waals surface area contributed by atoms with Crippen LogP contribution < -0.4 is 0 Å². The highest BCUT2D eigenvalue weighted by molar-refractivity contribution is 6.02. The largest absolute Gasteiger partial charge is 0.478 e. The van der Waals surface area contributed by atoms with Crippen molar-refractivity contribution in [2.45, 2.75) is 25.0 Å². The van der Waals surface area contributed by atoms with E-state index in [9.17, 15) is 9.59 Å². The Bertz CT molecular complexity index is 608. The Morgan fingerprint density at radius 1 is 1.14 bits per heavy atom. The molecule has 2 bridgehead atoms. The maximum atomic E-state index is 12.3. The maximum Gasteiger partial charge on any atom is 0.339 e. The Morgan fingerprint density at radius 3 is 2.52 bits per heavy atom. The van der Waals surface area contributed by atoms with E-state index in [1.54, 1.807) is 12.1 Å². The molecular formula is C16H16O5. The molecule has 3 fully saturated rings. The molecule has 2 aliphatic carbocycles. The van der Waals surface area contributed by atoms with Crippen molar-refractivity contribution < 1.29 is 24.2 Å². The first-order chi connectivity index (χ1) is 10.1. The zero-order valence-electron chi connectivity index (χ0n) is 11.4. The highest BCUT2D eigenvalue weighted by Gasteiger charge is 2.59. The van der Waals surface area contributed by atoms with Gasteiger partial charge in [0.25, 0.3) is 0 Å². The number of carboxylic acid groups (broad SMARTS) is 1. The van der Waals surface area contributed by atoms with Crippen molar-refractivity contribution in [3.63, 3.8) is 0 Å². The first-order valence-corrected chi connectivity index (χ1v) is 7.30. The number of hydrogen-bond donors (Lipinski definition) is 1. The standard InChI is InChI=1S/C16H16O5/c17-15(18)9-3-1-2-4-10(9)16(19)21-13-6-8-5-11(13)14-12(8)7-20-14/h1-4,8,11-14H,5-7H2,(H,17,18)/t8-,11+,12-,13-,14-/m1/s1. The molecule has 5 atom stereocenters. The van der Waals surface area contributed by atoms with Gasteiger partial charge in [-0.15, -0.1) is 0 Å². The van der Waals surface area contributed by atoms with E-state index in [-0.39, 0.29) is 29.3 Å². The lowest BCUT2D eigenvalue weighted by molar-refractivity contribution is -0.163. The molecule has 1 saturated heterocycles. The number of ether oxygens (including phenoxy) is 2. The molecule has 5 nitrogen and oxygen atoms in total. The molecule has 110 valence electrons. The summed E-state index contributed by atoms with van der Waals surface area (Å²) in [6, 6.07) is 6.17. The van der Waals surface area contributed by atoms with E-state index in [1.165, 1.54) is 12.1 Å². The van der Waals surface area contributed by atoms with Gasteiger partial charge >= 0.3 is 11.9 Å². The SMILES string of the molecule is O=C(O)c1ccccc1C(=O)O[C@@H]1C[C@H]2C[C@@H]1[C@H]1OC[C@H]21. The van der Waals surface area contributed by atoms with E-state index in [4.69, 9.17) is 14.6 Å². The highest BCUT2D eigenvalue weighted by atomic mass is 16.6. The Kier molecular flexibility index (Phi) is 2.79. The van der Waals surface area contributed by atoms with Crippen LogP contribution in [0.3, 0.4) is 0 Å². The minimum Gasteiger partial charge on any atom is -0.478 e. The third-order valence-corrected chi connectivity index (χ3v) is 5.15. The molecular weight excluding hydrogens is 272 g/mol. The molecule has 1 heterocycles. The predicted octanol–water partition coefficient (Wildman–Crippen LogP) is 1.97. The summed E-state index contributed by atoms with van der Waals surface area (Å²) in [6.07, 6.45) is 2.06. The monoisotopic (exact) mass is 288 g/mol. The molecule has 2 saturated carbocycles. The van der Waals surface area contributed by atoms with Crippen molar-refractivity contribution >= 4 is 11.9 Å². The summed E-state index contributed by atoms with van der Waals surface area (Å²) in [4.78, 5) is 23.4. The van der Waals surface area contributed by atoms with Crippen molar-refractivity contribution in [3.05, 3.63) is 35.4 Å². The van der Waals surface area contributed by atoms with Crippen LogP contribution in [0.25, 0.3) is 0 Å². The molecule has 0 unspecified atom stereocenters. The van der Waals surface area contributed by atoms with Gasteiger partial charge in [0, 0.05) is 11.8 Å². The van der Waals surface area contributed by atoms with Crippen molar-refractivity contribution in [1.29, 1.82) is 0 Å². The summed E-state index contributed by atoms with van der Waals surface area (Å²) in [5.74, 6) is -0.119. The Labute approximate surface area is 121 Å². The predicted molar refractivity (Wildman–Crippen MR) is 72.0 cm³/mol. The topological polar surface area (TPSA) is 72.8 Å². The average molecular weight is 288 g/mol. The van der Waals surface area contributed by atoms with Gasteiger partial charge in [-0.2, -0.15) is 0 Å². The van der Waals surface area contributed by atoms with E-state index < -0.39 is 11.9 Å². The van der Waals surface area contributed by atoms with Gasteiger partial charge in [0.05, 0.1) is 23.8 Å². The molecule has 1 aromatic rings. The molecule has 0 amide bonds. The first kappa shape index (κ1) is 12.8. The summed E-state index contributed by atoms with van der Waals surface area (Å²) in [6.45, 7) is 0.842.